The first kappa shape index (κ1) is 13.4. The minimum absolute atomic E-state index is 0.0876. The highest BCUT2D eigenvalue weighted by atomic mass is 32.2. The van der Waals surface area contributed by atoms with Crippen LogP contribution in [-0.4, -0.2) is 16.5 Å². The van der Waals surface area contributed by atoms with Crippen molar-refractivity contribution in [3.63, 3.8) is 0 Å². The van der Waals surface area contributed by atoms with Gasteiger partial charge in [-0.25, -0.2) is 4.98 Å². The lowest BCUT2D eigenvalue weighted by Gasteiger charge is -2.09. The molecule has 0 radical (unpaired) electrons. The number of aromatic nitrogens is 1. The Balaban J connectivity index is 2.19. The second kappa shape index (κ2) is 6.24. The van der Waals surface area contributed by atoms with Crippen molar-refractivity contribution in [3.05, 3.63) is 46.3 Å². The third kappa shape index (κ3) is 3.47. The van der Waals surface area contributed by atoms with Gasteiger partial charge >= 0.3 is 0 Å². The summed E-state index contributed by atoms with van der Waals surface area (Å²) < 4.78 is 5.13. The normalized spacial score (nSPS) is 10.4. The van der Waals surface area contributed by atoms with Crippen LogP contribution in [0, 0.1) is 10.1 Å². The van der Waals surface area contributed by atoms with Gasteiger partial charge in [0.2, 0.25) is 0 Å². The SMILES string of the molecule is CCNc1ccc([N+](=O)[O-])cc1CSc1ncco1. The van der Waals surface area contributed by atoms with Gasteiger partial charge < -0.3 is 9.73 Å². The van der Waals surface area contributed by atoms with E-state index in [4.69, 9.17) is 4.42 Å². The van der Waals surface area contributed by atoms with Crippen LogP contribution in [-0.2, 0) is 5.75 Å². The fraction of sp³-hybridized carbons (Fsp3) is 0.250. The van der Waals surface area contributed by atoms with E-state index in [9.17, 15) is 10.1 Å². The van der Waals surface area contributed by atoms with Gasteiger partial charge in [-0.05, 0) is 18.6 Å². The number of hydrogen-bond donors (Lipinski definition) is 1. The zero-order valence-electron chi connectivity index (χ0n) is 10.3. The molecule has 1 aromatic heterocycles. The van der Waals surface area contributed by atoms with Crippen LogP contribution in [0.25, 0.3) is 0 Å². The van der Waals surface area contributed by atoms with Crippen LogP contribution in [0.15, 0.2) is 40.3 Å². The van der Waals surface area contributed by atoms with Crippen molar-refractivity contribution in [3.8, 4) is 0 Å². The summed E-state index contributed by atoms with van der Waals surface area (Å²) in [4.78, 5) is 14.4. The lowest BCUT2D eigenvalue weighted by atomic mass is 10.2. The van der Waals surface area contributed by atoms with Crippen molar-refractivity contribution in [1.29, 1.82) is 0 Å². The Morgan fingerprint density at radius 2 is 2.37 bits per heavy atom. The summed E-state index contributed by atoms with van der Waals surface area (Å²) in [5.41, 5.74) is 1.84. The highest BCUT2D eigenvalue weighted by Gasteiger charge is 2.11. The standard InChI is InChI=1S/C12H13N3O3S/c1-2-13-11-4-3-10(15(16)17)7-9(11)8-19-12-14-5-6-18-12/h3-7,13H,2,8H2,1H3. The Hall–Kier alpha value is -2.02. The van der Waals surface area contributed by atoms with E-state index in [-0.39, 0.29) is 5.69 Å². The highest BCUT2D eigenvalue weighted by Crippen LogP contribution is 2.28. The van der Waals surface area contributed by atoms with Gasteiger partial charge in [0.05, 0.1) is 11.1 Å². The van der Waals surface area contributed by atoms with E-state index in [0.29, 0.717) is 11.0 Å². The number of oxazole rings is 1. The number of non-ortho nitro benzene ring substituents is 1. The molecule has 0 atom stereocenters. The first-order chi connectivity index (χ1) is 9.20. The maximum atomic E-state index is 10.8. The largest absolute Gasteiger partial charge is 0.440 e. The molecule has 0 aliphatic rings. The number of nitrogens with zero attached hydrogens (tertiary/aromatic N) is 2. The predicted octanol–water partition coefficient (Wildman–Crippen LogP) is 3.31. The average molecular weight is 279 g/mol. The second-order valence-corrected chi connectivity index (χ2v) is 4.64. The van der Waals surface area contributed by atoms with Crippen molar-refractivity contribution in [2.45, 2.75) is 17.9 Å². The summed E-state index contributed by atoms with van der Waals surface area (Å²) in [6.45, 7) is 2.74. The maximum absolute atomic E-state index is 10.8. The number of rotatable bonds is 6. The summed E-state index contributed by atoms with van der Waals surface area (Å²) in [6.07, 6.45) is 3.07. The van der Waals surface area contributed by atoms with Crippen LogP contribution < -0.4 is 5.32 Å². The van der Waals surface area contributed by atoms with Crippen molar-refractivity contribution in [1.82, 2.24) is 4.98 Å². The molecule has 1 aromatic carbocycles. The van der Waals surface area contributed by atoms with E-state index in [1.54, 1.807) is 18.3 Å². The first-order valence-electron chi connectivity index (χ1n) is 5.74. The Bertz CT molecular complexity index is 557. The lowest BCUT2D eigenvalue weighted by molar-refractivity contribution is -0.384. The molecular formula is C12H13N3O3S. The molecule has 7 heteroatoms. The fourth-order valence-electron chi connectivity index (χ4n) is 1.60. The van der Waals surface area contributed by atoms with Crippen LogP contribution in [0.1, 0.15) is 12.5 Å². The molecule has 1 N–H and O–H groups in total. The molecule has 0 bridgehead atoms. The Labute approximate surface area is 114 Å². The van der Waals surface area contributed by atoms with Gasteiger partial charge in [0.15, 0.2) is 0 Å². The number of nitrogens with one attached hydrogen (secondary N) is 1. The topological polar surface area (TPSA) is 81.2 Å². The van der Waals surface area contributed by atoms with Crippen LogP contribution in [0.3, 0.4) is 0 Å². The third-order valence-corrected chi connectivity index (χ3v) is 3.33. The van der Waals surface area contributed by atoms with Crippen molar-refractivity contribution in [2.75, 3.05) is 11.9 Å². The average Bonchev–Trinajstić information content (AvgIpc) is 2.90. The van der Waals surface area contributed by atoms with Gasteiger partial charge in [-0.3, -0.25) is 10.1 Å². The van der Waals surface area contributed by atoms with E-state index in [0.717, 1.165) is 17.8 Å². The molecule has 0 saturated carbocycles. The monoisotopic (exact) mass is 279 g/mol. The van der Waals surface area contributed by atoms with E-state index in [1.165, 1.54) is 24.1 Å². The molecule has 0 aliphatic heterocycles. The fourth-order valence-corrected chi connectivity index (χ4v) is 2.37. The molecule has 1 heterocycles. The molecule has 0 unspecified atom stereocenters. The summed E-state index contributed by atoms with van der Waals surface area (Å²) >= 11 is 1.40. The van der Waals surface area contributed by atoms with Crippen LogP contribution in [0.2, 0.25) is 0 Å². The summed E-state index contributed by atoms with van der Waals surface area (Å²) in [6, 6.07) is 4.80. The molecule has 2 aromatic rings. The van der Waals surface area contributed by atoms with Crippen LogP contribution in [0.4, 0.5) is 11.4 Å². The van der Waals surface area contributed by atoms with Crippen molar-refractivity contribution >= 4 is 23.1 Å². The lowest BCUT2D eigenvalue weighted by Crippen LogP contribution is -2.01. The molecule has 0 spiro atoms. The number of nitro benzene ring substituents is 1. The van der Waals surface area contributed by atoms with Gasteiger partial charge in [0.25, 0.3) is 10.9 Å². The Kier molecular flexibility index (Phi) is 4.40. The molecule has 0 amide bonds. The minimum Gasteiger partial charge on any atom is -0.440 e. The van der Waals surface area contributed by atoms with Crippen molar-refractivity contribution in [2.24, 2.45) is 0 Å². The molecule has 0 aliphatic carbocycles. The van der Waals surface area contributed by atoms with Gasteiger partial charge in [-0.1, -0.05) is 11.8 Å². The van der Waals surface area contributed by atoms with E-state index < -0.39 is 4.92 Å². The number of thioether (sulfide) groups is 1. The van der Waals surface area contributed by atoms with E-state index in [2.05, 4.69) is 10.3 Å². The summed E-state index contributed by atoms with van der Waals surface area (Å²) in [7, 11) is 0. The molecule has 0 fully saturated rings. The maximum Gasteiger partial charge on any atom is 0.269 e. The number of hydrogen-bond acceptors (Lipinski definition) is 6. The minimum atomic E-state index is -0.394. The van der Waals surface area contributed by atoms with Gasteiger partial charge in [-0.15, -0.1) is 0 Å². The molecule has 100 valence electrons. The Morgan fingerprint density at radius 3 is 3.00 bits per heavy atom. The van der Waals surface area contributed by atoms with E-state index in [1.807, 2.05) is 6.92 Å². The summed E-state index contributed by atoms with van der Waals surface area (Å²) in [5.74, 6) is 0.560. The van der Waals surface area contributed by atoms with Gasteiger partial charge in [-0.2, -0.15) is 0 Å². The van der Waals surface area contributed by atoms with Crippen molar-refractivity contribution < 1.29 is 9.34 Å². The van der Waals surface area contributed by atoms with Crippen LogP contribution >= 0.6 is 11.8 Å². The number of anilines is 1. The molecular weight excluding hydrogens is 266 g/mol. The van der Waals surface area contributed by atoms with E-state index >= 15 is 0 Å². The third-order valence-electron chi connectivity index (χ3n) is 2.43. The van der Waals surface area contributed by atoms with Gasteiger partial charge in [0, 0.05) is 30.1 Å². The summed E-state index contributed by atoms with van der Waals surface area (Å²) in [5, 5.41) is 14.5. The molecule has 2 rings (SSSR count). The van der Waals surface area contributed by atoms with Gasteiger partial charge in [0.1, 0.15) is 6.26 Å². The molecule has 19 heavy (non-hydrogen) atoms. The quantitative estimate of drug-likeness (QED) is 0.496. The zero-order chi connectivity index (χ0) is 13.7. The number of nitro groups is 1. The molecule has 0 saturated heterocycles. The number of benzene rings is 1. The van der Waals surface area contributed by atoms with Crippen LogP contribution in [0.5, 0.6) is 0 Å². The first-order valence-corrected chi connectivity index (χ1v) is 6.72. The molecule has 6 nitrogen and oxygen atoms in total. The zero-order valence-corrected chi connectivity index (χ0v) is 11.1. The Morgan fingerprint density at radius 1 is 1.53 bits per heavy atom. The smallest absolute Gasteiger partial charge is 0.269 e. The predicted molar refractivity (Wildman–Crippen MR) is 73.3 cm³/mol. The highest BCUT2D eigenvalue weighted by molar-refractivity contribution is 7.98. The second-order valence-electron chi connectivity index (χ2n) is 3.72.